The molecule has 0 radical (unpaired) electrons. The lowest BCUT2D eigenvalue weighted by molar-refractivity contribution is -0.141. The fraction of sp³-hybridized carbons (Fsp3) is 0.556. The maximum absolute atomic E-state index is 11.5. The highest BCUT2D eigenvalue weighted by Crippen LogP contribution is 1.98. The summed E-state index contributed by atoms with van der Waals surface area (Å²) in [6, 6.07) is -0.386. The number of nitrogens with one attached hydrogen (secondary N) is 1. The zero-order valence-corrected chi connectivity index (χ0v) is 9.58. The van der Waals surface area contributed by atoms with Crippen LogP contribution in [0.1, 0.15) is 12.7 Å². The molecule has 1 heterocycles. The number of hydrogen-bond acceptors (Lipinski definition) is 5. The molecule has 2 amide bonds. The Morgan fingerprint density at radius 1 is 1.65 bits per heavy atom. The predicted molar refractivity (Wildman–Crippen MR) is 56.0 cm³/mol. The van der Waals surface area contributed by atoms with E-state index in [9.17, 15) is 9.59 Å². The van der Waals surface area contributed by atoms with Crippen molar-refractivity contribution in [2.75, 3.05) is 13.6 Å². The largest absolute Gasteiger partial charge is 0.481 e. The standard InChI is InChI=1S/C9H14N4O4/c1-6(8(14)15)4-13(2)9(16)10-3-7-11-5-17-12-7/h5-6H,3-4H2,1-2H3,(H,10,16)(H,14,15). The fourth-order valence-electron chi connectivity index (χ4n) is 1.13. The van der Waals surface area contributed by atoms with E-state index in [1.807, 2.05) is 0 Å². The second-order valence-electron chi connectivity index (χ2n) is 3.63. The summed E-state index contributed by atoms with van der Waals surface area (Å²) in [6.07, 6.45) is 1.16. The minimum Gasteiger partial charge on any atom is -0.481 e. The monoisotopic (exact) mass is 242 g/mol. The van der Waals surface area contributed by atoms with Gasteiger partial charge in [-0.05, 0) is 0 Å². The van der Waals surface area contributed by atoms with Gasteiger partial charge < -0.3 is 19.8 Å². The summed E-state index contributed by atoms with van der Waals surface area (Å²) in [4.78, 5) is 27.2. The Labute approximate surface area is 97.6 Å². The van der Waals surface area contributed by atoms with Gasteiger partial charge in [-0.15, -0.1) is 0 Å². The molecule has 0 aliphatic rings. The van der Waals surface area contributed by atoms with Crippen molar-refractivity contribution in [3.05, 3.63) is 12.2 Å². The number of urea groups is 1. The number of carboxylic acid groups (broad SMARTS) is 1. The Morgan fingerprint density at radius 3 is 2.88 bits per heavy atom. The summed E-state index contributed by atoms with van der Waals surface area (Å²) in [5, 5.41) is 14.8. The van der Waals surface area contributed by atoms with Crippen molar-refractivity contribution in [2.24, 2.45) is 5.92 Å². The van der Waals surface area contributed by atoms with Gasteiger partial charge in [-0.3, -0.25) is 4.79 Å². The molecule has 1 atom stereocenters. The number of amides is 2. The van der Waals surface area contributed by atoms with Gasteiger partial charge in [0.05, 0.1) is 12.5 Å². The van der Waals surface area contributed by atoms with Crippen LogP contribution in [0.3, 0.4) is 0 Å². The van der Waals surface area contributed by atoms with Crippen molar-refractivity contribution < 1.29 is 19.2 Å². The van der Waals surface area contributed by atoms with Gasteiger partial charge in [0, 0.05) is 13.6 Å². The van der Waals surface area contributed by atoms with Crippen LogP contribution in [0.5, 0.6) is 0 Å². The average Bonchev–Trinajstić information content (AvgIpc) is 2.78. The molecule has 8 heteroatoms. The average molecular weight is 242 g/mol. The highest BCUT2D eigenvalue weighted by atomic mass is 16.5. The molecule has 1 rings (SSSR count). The summed E-state index contributed by atoms with van der Waals surface area (Å²) >= 11 is 0. The number of carbonyl (C=O) groups excluding carboxylic acids is 1. The Balaban J connectivity index is 2.34. The molecule has 0 bridgehead atoms. The van der Waals surface area contributed by atoms with Gasteiger partial charge in [-0.25, -0.2) is 4.79 Å². The first-order valence-electron chi connectivity index (χ1n) is 4.97. The molecule has 0 spiro atoms. The van der Waals surface area contributed by atoms with Crippen LogP contribution < -0.4 is 5.32 Å². The summed E-state index contributed by atoms with van der Waals surface area (Å²) in [6.45, 7) is 1.81. The molecule has 17 heavy (non-hydrogen) atoms. The summed E-state index contributed by atoms with van der Waals surface area (Å²) in [5.74, 6) is -1.20. The molecule has 0 saturated carbocycles. The van der Waals surface area contributed by atoms with Crippen molar-refractivity contribution >= 4 is 12.0 Å². The van der Waals surface area contributed by atoms with Gasteiger partial charge in [-0.1, -0.05) is 12.1 Å². The third-order valence-electron chi connectivity index (χ3n) is 2.12. The van der Waals surface area contributed by atoms with E-state index in [2.05, 4.69) is 20.0 Å². The minimum absolute atomic E-state index is 0.132. The number of hydrogen-bond donors (Lipinski definition) is 2. The van der Waals surface area contributed by atoms with E-state index in [4.69, 9.17) is 5.11 Å². The molecule has 0 aliphatic carbocycles. The number of carboxylic acids is 1. The lowest BCUT2D eigenvalue weighted by Crippen LogP contribution is -2.40. The molecule has 94 valence electrons. The number of carbonyl (C=O) groups is 2. The molecule has 0 aliphatic heterocycles. The molecule has 1 aromatic heterocycles. The first-order chi connectivity index (χ1) is 8.00. The van der Waals surface area contributed by atoms with E-state index in [1.54, 1.807) is 0 Å². The summed E-state index contributed by atoms with van der Waals surface area (Å²) in [5.41, 5.74) is 0. The molecule has 1 aromatic rings. The zero-order chi connectivity index (χ0) is 12.8. The number of nitrogens with zero attached hydrogens (tertiary/aromatic N) is 3. The third kappa shape index (κ3) is 4.09. The maximum Gasteiger partial charge on any atom is 0.317 e. The van der Waals surface area contributed by atoms with Gasteiger partial charge in [0.15, 0.2) is 5.82 Å². The second-order valence-corrected chi connectivity index (χ2v) is 3.63. The van der Waals surface area contributed by atoms with Gasteiger partial charge in [0.25, 0.3) is 0 Å². The van der Waals surface area contributed by atoms with Gasteiger partial charge in [-0.2, -0.15) is 4.98 Å². The van der Waals surface area contributed by atoms with Gasteiger partial charge in [0.1, 0.15) is 0 Å². The van der Waals surface area contributed by atoms with Crippen LogP contribution in [0.15, 0.2) is 10.9 Å². The van der Waals surface area contributed by atoms with E-state index in [0.717, 1.165) is 6.39 Å². The van der Waals surface area contributed by atoms with Gasteiger partial charge in [0.2, 0.25) is 6.39 Å². The minimum atomic E-state index is -0.942. The van der Waals surface area contributed by atoms with Crippen LogP contribution >= 0.6 is 0 Å². The Morgan fingerprint density at radius 2 is 2.35 bits per heavy atom. The summed E-state index contributed by atoms with van der Waals surface area (Å²) < 4.78 is 4.50. The van der Waals surface area contributed by atoms with Crippen molar-refractivity contribution in [1.82, 2.24) is 20.4 Å². The first-order valence-corrected chi connectivity index (χ1v) is 4.97. The third-order valence-corrected chi connectivity index (χ3v) is 2.12. The predicted octanol–water partition coefficient (Wildman–Crippen LogP) is -0.0683. The first kappa shape index (κ1) is 12.9. The SMILES string of the molecule is CC(CN(C)C(=O)NCc1ncon1)C(=O)O. The molecule has 1 unspecified atom stereocenters. The van der Waals surface area contributed by atoms with Crippen LogP contribution in [-0.4, -0.2) is 45.7 Å². The second kappa shape index (κ2) is 5.83. The number of aromatic nitrogens is 2. The van der Waals surface area contributed by atoms with Crippen LogP contribution in [0.25, 0.3) is 0 Å². The number of rotatable bonds is 5. The fourth-order valence-corrected chi connectivity index (χ4v) is 1.13. The molecule has 8 nitrogen and oxygen atoms in total. The van der Waals surface area contributed by atoms with Crippen LogP contribution in [0, 0.1) is 5.92 Å². The molecule has 0 fully saturated rings. The Kier molecular flexibility index (Phi) is 4.44. The van der Waals surface area contributed by atoms with Crippen LogP contribution in [-0.2, 0) is 11.3 Å². The van der Waals surface area contributed by atoms with Crippen LogP contribution in [0.4, 0.5) is 4.79 Å². The van der Waals surface area contributed by atoms with Gasteiger partial charge >= 0.3 is 12.0 Å². The molecule has 0 saturated heterocycles. The molecular weight excluding hydrogens is 228 g/mol. The van der Waals surface area contributed by atoms with E-state index < -0.39 is 11.9 Å². The topological polar surface area (TPSA) is 109 Å². The smallest absolute Gasteiger partial charge is 0.317 e. The van der Waals surface area contributed by atoms with Crippen molar-refractivity contribution in [3.63, 3.8) is 0 Å². The van der Waals surface area contributed by atoms with Crippen molar-refractivity contribution in [1.29, 1.82) is 0 Å². The maximum atomic E-state index is 11.5. The van der Waals surface area contributed by atoms with Crippen LogP contribution in [0.2, 0.25) is 0 Å². The highest BCUT2D eigenvalue weighted by molar-refractivity contribution is 5.75. The highest BCUT2D eigenvalue weighted by Gasteiger charge is 2.17. The zero-order valence-electron chi connectivity index (χ0n) is 9.58. The lowest BCUT2D eigenvalue weighted by Gasteiger charge is -2.19. The van der Waals surface area contributed by atoms with E-state index in [0.29, 0.717) is 5.82 Å². The lowest BCUT2D eigenvalue weighted by atomic mass is 10.2. The quantitative estimate of drug-likeness (QED) is 0.748. The normalized spacial score (nSPS) is 11.9. The molecule has 0 aromatic carbocycles. The van der Waals surface area contributed by atoms with Crippen molar-refractivity contribution in [2.45, 2.75) is 13.5 Å². The van der Waals surface area contributed by atoms with E-state index in [1.165, 1.54) is 18.9 Å². The molecule has 2 N–H and O–H groups in total. The number of aliphatic carboxylic acids is 1. The van der Waals surface area contributed by atoms with Crippen molar-refractivity contribution in [3.8, 4) is 0 Å². The summed E-state index contributed by atoms with van der Waals surface area (Å²) in [7, 11) is 1.52. The molecular formula is C9H14N4O4. The van der Waals surface area contributed by atoms with E-state index >= 15 is 0 Å². The Bertz CT molecular complexity index is 378. The Hall–Kier alpha value is -2.12. The van der Waals surface area contributed by atoms with E-state index in [-0.39, 0.29) is 19.1 Å².